The number of carbonyl (C=O) groups is 1. The van der Waals surface area contributed by atoms with Crippen LogP contribution in [0.1, 0.15) is 24.6 Å². The molecule has 22 heavy (non-hydrogen) atoms. The number of fused-ring (bicyclic) bond motifs is 1. The van der Waals surface area contributed by atoms with Gasteiger partial charge in [-0.3, -0.25) is 0 Å². The van der Waals surface area contributed by atoms with Crippen molar-refractivity contribution in [3.05, 3.63) is 28.6 Å². The predicted molar refractivity (Wildman–Crippen MR) is 77.5 cm³/mol. The summed E-state index contributed by atoms with van der Waals surface area (Å²) < 4.78 is 32.6. The van der Waals surface area contributed by atoms with Crippen molar-refractivity contribution in [3.8, 4) is 0 Å². The number of halogens is 4. The molecule has 3 N–H and O–H groups in total. The molecule has 1 atom stereocenters. The van der Waals surface area contributed by atoms with Gasteiger partial charge in [0.25, 0.3) is 0 Å². The molecule has 5 nitrogen and oxygen atoms in total. The Morgan fingerprint density at radius 1 is 1.41 bits per heavy atom. The highest BCUT2D eigenvalue weighted by Crippen LogP contribution is 2.26. The lowest BCUT2D eigenvalue weighted by atomic mass is 10.1. The Labute approximate surface area is 132 Å². The molecule has 1 fully saturated rings. The molecule has 1 aliphatic heterocycles. The van der Waals surface area contributed by atoms with Crippen LogP contribution >= 0.6 is 15.9 Å². The lowest BCUT2D eigenvalue weighted by Crippen LogP contribution is -2.21. The second-order valence-electron chi connectivity index (χ2n) is 4.77. The average molecular weight is 380 g/mol. The summed E-state index contributed by atoms with van der Waals surface area (Å²) in [6.07, 6.45) is -0.697. The van der Waals surface area contributed by atoms with Gasteiger partial charge in [-0.2, -0.15) is 13.2 Å². The molecule has 1 aliphatic rings. The van der Waals surface area contributed by atoms with E-state index in [9.17, 15) is 13.2 Å². The first-order valence-corrected chi connectivity index (χ1v) is 7.24. The number of carboxylic acid groups (broad SMARTS) is 1. The molecule has 0 amide bonds. The van der Waals surface area contributed by atoms with Crippen LogP contribution in [0.2, 0.25) is 0 Å². The molecule has 9 heteroatoms. The van der Waals surface area contributed by atoms with Gasteiger partial charge in [-0.15, -0.1) is 0 Å². The molecule has 120 valence electrons. The minimum absolute atomic E-state index is 0.496. The third-order valence-electron chi connectivity index (χ3n) is 3.17. The van der Waals surface area contributed by atoms with Crippen LogP contribution in [0.3, 0.4) is 0 Å². The summed E-state index contributed by atoms with van der Waals surface area (Å²) in [5.41, 5.74) is 2.43. The van der Waals surface area contributed by atoms with E-state index in [0.29, 0.717) is 6.04 Å². The van der Waals surface area contributed by atoms with Crippen molar-refractivity contribution in [1.82, 2.24) is 15.3 Å². The zero-order valence-electron chi connectivity index (χ0n) is 11.2. The van der Waals surface area contributed by atoms with Crippen molar-refractivity contribution in [2.45, 2.75) is 25.1 Å². The van der Waals surface area contributed by atoms with Gasteiger partial charge in [-0.05, 0) is 47.4 Å². The van der Waals surface area contributed by atoms with Crippen LogP contribution in [-0.2, 0) is 4.79 Å². The zero-order chi connectivity index (χ0) is 16.3. The molecule has 0 unspecified atom stereocenters. The van der Waals surface area contributed by atoms with E-state index >= 15 is 0 Å². The number of aliphatic carboxylic acids is 1. The third-order valence-corrected chi connectivity index (χ3v) is 3.60. The van der Waals surface area contributed by atoms with Gasteiger partial charge in [-0.25, -0.2) is 9.78 Å². The maximum Gasteiger partial charge on any atom is 0.490 e. The van der Waals surface area contributed by atoms with E-state index in [1.54, 1.807) is 0 Å². The van der Waals surface area contributed by atoms with Gasteiger partial charge < -0.3 is 15.4 Å². The van der Waals surface area contributed by atoms with Crippen LogP contribution in [0.5, 0.6) is 0 Å². The number of nitrogens with zero attached hydrogens (tertiary/aromatic N) is 1. The Bertz CT molecular complexity index is 666. The van der Waals surface area contributed by atoms with Gasteiger partial charge in [0.1, 0.15) is 4.60 Å². The lowest BCUT2D eigenvalue weighted by molar-refractivity contribution is -0.192. The van der Waals surface area contributed by atoms with Crippen molar-refractivity contribution in [3.63, 3.8) is 0 Å². The number of hydrogen-bond donors (Lipinski definition) is 3. The summed E-state index contributed by atoms with van der Waals surface area (Å²) >= 11 is 3.38. The first-order valence-electron chi connectivity index (χ1n) is 6.45. The number of aromatic nitrogens is 2. The number of H-pyrrole nitrogens is 1. The molecule has 3 heterocycles. The molecular weight excluding hydrogens is 367 g/mol. The van der Waals surface area contributed by atoms with Crippen LogP contribution in [0, 0.1) is 0 Å². The summed E-state index contributed by atoms with van der Waals surface area (Å²) in [5.74, 6) is -2.76. The number of rotatable bonds is 1. The second-order valence-corrected chi connectivity index (χ2v) is 5.58. The number of hydrogen-bond acceptors (Lipinski definition) is 3. The van der Waals surface area contributed by atoms with Gasteiger partial charge >= 0.3 is 12.1 Å². The van der Waals surface area contributed by atoms with Crippen molar-refractivity contribution < 1.29 is 23.1 Å². The molecular formula is C13H13BrF3N3O2. The van der Waals surface area contributed by atoms with Crippen LogP contribution in [0.15, 0.2) is 22.9 Å². The topological polar surface area (TPSA) is 78.0 Å². The van der Waals surface area contributed by atoms with Crippen molar-refractivity contribution in [1.29, 1.82) is 0 Å². The molecule has 0 aliphatic carbocycles. The number of aromatic amines is 1. The first kappa shape index (κ1) is 16.8. The molecule has 2 aromatic rings. The molecule has 0 spiro atoms. The van der Waals surface area contributed by atoms with E-state index in [0.717, 1.165) is 16.7 Å². The Hall–Kier alpha value is -1.61. The SMILES string of the molecule is Brc1cc2[nH]c([C@H]3CCCN3)cc2cn1.O=C(O)C(F)(F)F. The largest absolute Gasteiger partial charge is 0.490 e. The fourth-order valence-corrected chi connectivity index (χ4v) is 2.49. The highest BCUT2D eigenvalue weighted by Gasteiger charge is 2.38. The average Bonchev–Trinajstić information content (AvgIpc) is 3.06. The maximum absolute atomic E-state index is 10.6. The quantitative estimate of drug-likeness (QED) is 0.663. The van der Waals surface area contributed by atoms with E-state index in [4.69, 9.17) is 9.90 Å². The second kappa shape index (κ2) is 6.66. The summed E-state index contributed by atoms with van der Waals surface area (Å²) in [5, 5.41) is 11.8. The van der Waals surface area contributed by atoms with Gasteiger partial charge in [0.2, 0.25) is 0 Å². The van der Waals surface area contributed by atoms with Crippen LogP contribution in [0.4, 0.5) is 13.2 Å². The Morgan fingerprint density at radius 2 is 2.09 bits per heavy atom. The molecule has 0 saturated carbocycles. The van der Waals surface area contributed by atoms with Gasteiger partial charge in [-0.1, -0.05) is 0 Å². The summed E-state index contributed by atoms with van der Waals surface area (Å²) in [6, 6.07) is 4.71. The number of carboxylic acids is 1. The number of pyridine rings is 1. The standard InChI is InChI=1S/C11H12BrN3.C2HF3O2/c12-11-5-9-7(6-14-11)4-10(15-9)8-2-1-3-13-8;3-2(4,5)1(6)7/h4-6,8,13,15H,1-3H2;(H,6,7)/t8-;/m1./s1. The Kier molecular flexibility index (Phi) is 5.07. The summed E-state index contributed by atoms with van der Waals surface area (Å²) in [6.45, 7) is 1.13. The maximum atomic E-state index is 10.6. The van der Waals surface area contributed by atoms with Gasteiger partial charge in [0.15, 0.2) is 0 Å². The smallest absolute Gasteiger partial charge is 0.475 e. The van der Waals surface area contributed by atoms with Crippen molar-refractivity contribution in [2.24, 2.45) is 0 Å². The third kappa shape index (κ3) is 4.20. The number of nitrogens with one attached hydrogen (secondary N) is 2. The summed E-state index contributed by atoms with van der Waals surface area (Å²) in [4.78, 5) is 16.6. The Balaban J connectivity index is 0.000000217. The highest BCUT2D eigenvalue weighted by atomic mass is 79.9. The molecule has 0 radical (unpaired) electrons. The van der Waals surface area contributed by atoms with E-state index in [-0.39, 0.29) is 0 Å². The normalized spacial score (nSPS) is 18.1. The van der Waals surface area contributed by atoms with E-state index < -0.39 is 12.1 Å². The van der Waals surface area contributed by atoms with Crippen molar-refractivity contribution >= 4 is 32.8 Å². The van der Waals surface area contributed by atoms with Crippen LogP contribution in [-0.4, -0.2) is 33.8 Å². The molecule has 0 aromatic carbocycles. The molecule has 2 aromatic heterocycles. The highest BCUT2D eigenvalue weighted by molar-refractivity contribution is 9.10. The predicted octanol–water partition coefficient (Wildman–Crippen LogP) is 3.38. The van der Waals surface area contributed by atoms with Gasteiger partial charge in [0, 0.05) is 28.8 Å². The minimum Gasteiger partial charge on any atom is -0.475 e. The van der Waals surface area contributed by atoms with Gasteiger partial charge in [0.05, 0.1) is 0 Å². The fraction of sp³-hybridized carbons (Fsp3) is 0.385. The van der Waals surface area contributed by atoms with E-state index in [1.807, 2.05) is 12.3 Å². The summed E-state index contributed by atoms with van der Waals surface area (Å²) in [7, 11) is 0. The lowest BCUT2D eigenvalue weighted by Gasteiger charge is -2.06. The molecule has 3 rings (SSSR count). The fourth-order valence-electron chi connectivity index (χ4n) is 2.16. The first-order chi connectivity index (χ1) is 10.3. The van der Waals surface area contributed by atoms with Crippen LogP contribution < -0.4 is 5.32 Å². The van der Waals surface area contributed by atoms with E-state index in [1.165, 1.54) is 23.9 Å². The minimum atomic E-state index is -5.08. The number of alkyl halides is 3. The molecule has 0 bridgehead atoms. The monoisotopic (exact) mass is 379 g/mol. The Morgan fingerprint density at radius 3 is 2.64 bits per heavy atom. The van der Waals surface area contributed by atoms with Crippen molar-refractivity contribution in [2.75, 3.05) is 6.54 Å². The van der Waals surface area contributed by atoms with E-state index in [2.05, 4.69) is 37.3 Å². The molecule has 1 saturated heterocycles. The zero-order valence-corrected chi connectivity index (χ0v) is 12.8. The van der Waals surface area contributed by atoms with Crippen LogP contribution in [0.25, 0.3) is 10.9 Å².